The summed E-state index contributed by atoms with van der Waals surface area (Å²) < 4.78 is 0. The van der Waals surface area contributed by atoms with E-state index < -0.39 is 4.92 Å². The summed E-state index contributed by atoms with van der Waals surface area (Å²) in [5, 5.41) is 11.5. The number of anilines is 2. The Morgan fingerprint density at radius 1 is 1.67 bits per heavy atom. The van der Waals surface area contributed by atoms with Crippen LogP contribution in [-0.4, -0.2) is 34.0 Å². The highest BCUT2D eigenvalue weighted by Gasteiger charge is 2.25. The van der Waals surface area contributed by atoms with Gasteiger partial charge in [0.05, 0.1) is 4.92 Å². The van der Waals surface area contributed by atoms with Crippen LogP contribution in [-0.2, 0) is 0 Å². The summed E-state index contributed by atoms with van der Waals surface area (Å²) in [6.45, 7) is 3.62. The van der Waals surface area contributed by atoms with Crippen LogP contribution in [0.2, 0.25) is 0 Å². The van der Waals surface area contributed by atoms with Gasteiger partial charge in [-0.05, 0) is 6.07 Å². The second-order valence-corrected chi connectivity index (χ2v) is 5.61. The molecule has 98 valence electrons. The second kappa shape index (κ2) is 5.40. The van der Waals surface area contributed by atoms with E-state index in [0.717, 1.165) is 18.8 Å². The van der Waals surface area contributed by atoms with Crippen molar-refractivity contribution in [2.75, 3.05) is 29.2 Å². The molecule has 0 saturated carbocycles. The smallest absolute Gasteiger partial charge is 0.311 e. The molecular weight excluding hydrogens is 254 g/mol. The number of nitro groups is 1. The molecule has 1 atom stereocenters. The Hall–Kier alpha value is -1.54. The number of nitrogens with two attached hydrogens (primary N) is 1. The molecule has 3 N–H and O–H groups in total. The Labute approximate surface area is 109 Å². The van der Waals surface area contributed by atoms with Crippen molar-refractivity contribution < 1.29 is 4.92 Å². The molecule has 18 heavy (non-hydrogen) atoms. The lowest BCUT2D eigenvalue weighted by molar-refractivity contribution is -0.384. The molecule has 0 bridgehead atoms. The lowest BCUT2D eigenvalue weighted by atomic mass is 10.3. The zero-order valence-corrected chi connectivity index (χ0v) is 10.8. The van der Waals surface area contributed by atoms with Gasteiger partial charge in [-0.3, -0.25) is 10.1 Å². The number of rotatable bonds is 3. The SMILES string of the molecule is CC1CN(c2nc(NN)ccc2[N+](=O)[O-])CCS1. The average molecular weight is 269 g/mol. The molecule has 1 fully saturated rings. The number of hydrogen-bond acceptors (Lipinski definition) is 7. The van der Waals surface area contributed by atoms with Gasteiger partial charge in [-0.1, -0.05) is 6.92 Å². The Bertz CT molecular complexity index is 456. The molecular formula is C10H15N5O2S. The first kappa shape index (κ1) is 12.9. The molecule has 0 spiro atoms. The number of aromatic nitrogens is 1. The molecule has 1 unspecified atom stereocenters. The van der Waals surface area contributed by atoms with Crippen LogP contribution in [0.3, 0.4) is 0 Å². The van der Waals surface area contributed by atoms with Crippen LogP contribution in [0.5, 0.6) is 0 Å². The standard InChI is InChI=1S/C10H15N5O2S/c1-7-6-14(4-5-18-7)10-8(15(16)17)2-3-9(12-10)13-11/h2-3,7H,4-6,11H2,1H3,(H,12,13). The molecule has 1 saturated heterocycles. The molecule has 2 heterocycles. The summed E-state index contributed by atoms with van der Waals surface area (Å²) in [5.74, 6) is 7.06. The minimum absolute atomic E-state index is 0.0214. The predicted octanol–water partition coefficient (Wildman–Crippen LogP) is 1.22. The summed E-state index contributed by atoms with van der Waals surface area (Å²) >= 11 is 1.86. The van der Waals surface area contributed by atoms with Crippen molar-refractivity contribution in [1.82, 2.24) is 4.98 Å². The zero-order valence-electron chi connectivity index (χ0n) is 10.00. The molecule has 7 nitrogen and oxygen atoms in total. The Morgan fingerprint density at radius 2 is 2.44 bits per heavy atom. The largest absolute Gasteiger partial charge is 0.349 e. The fraction of sp³-hybridized carbons (Fsp3) is 0.500. The molecule has 0 aliphatic carbocycles. The van der Waals surface area contributed by atoms with Crippen molar-refractivity contribution in [1.29, 1.82) is 0 Å². The van der Waals surface area contributed by atoms with Crippen molar-refractivity contribution in [3.05, 3.63) is 22.2 Å². The van der Waals surface area contributed by atoms with Crippen LogP contribution < -0.4 is 16.2 Å². The molecule has 0 radical (unpaired) electrons. The molecule has 1 aromatic rings. The lowest BCUT2D eigenvalue weighted by Gasteiger charge is -2.31. The highest BCUT2D eigenvalue weighted by atomic mass is 32.2. The molecule has 0 amide bonds. The van der Waals surface area contributed by atoms with Gasteiger partial charge in [0.1, 0.15) is 5.82 Å². The van der Waals surface area contributed by atoms with Crippen LogP contribution in [0.15, 0.2) is 12.1 Å². The number of nitrogen functional groups attached to an aromatic ring is 1. The third-order valence-corrected chi connectivity index (χ3v) is 3.88. The van der Waals surface area contributed by atoms with Gasteiger partial charge in [0.15, 0.2) is 0 Å². The first-order chi connectivity index (χ1) is 8.61. The predicted molar refractivity (Wildman–Crippen MR) is 72.8 cm³/mol. The quantitative estimate of drug-likeness (QED) is 0.483. The number of nitrogens with one attached hydrogen (secondary N) is 1. The summed E-state index contributed by atoms with van der Waals surface area (Å²) in [4.78, 5) is 16.8. The van der Waals surface area contributed by atoms with E-state index in [-0.39, 0.29) is 5.69 Å². The average Bonchev–Trinajstić information content (AvgIpc) is 2.38. The van der Waals surface area contributed by atoms with Crippen molar-refractivity contribution in [2.24, 2.45) is 5.84 Å². The number of nitrogens with zero attached hydrogens (tertiary/aromatic N) is 3. The van der Waals surface area contributed by atoms with E-state index in [9.17, 15) is 10.1 Å². The minimum Gasteiger partial charge on any atom is -0.349 e. The first-order valence-corrected chi connectivity index (χ1v) is 6.65. The van der Waals surface area contributed by atoms with Crippen LogP contribution in [0, 0.1) is 10.1 Å². The molecule has 1 aliphatic heterocycles. The topological polar surface area (TPSA) is 97.3 Å². The van der Waals surface area contributed by atoms with E-state index >= 15 is 0 Å². The molecule has 2 rings (SSSR count). The van der Waals surface area contributed by atoms with Gasteiger partial charge in [0, 0.05) is 30.2 Å². The highest BCUT2D eigenvalue weighted by Crippen LogP contribution is 2.30. The maximum atomic E-state index is 11.0. The molecule has 1 aliphatic rings. The number of thioether (sulfide) groups is 1. The van der Waals surface area contributed by atoms with Gasteiger partial charge in [-0.2, -0.15) is 11.8 Å². The molecule has 8 heteroatoms. The maximum absolute atomic E-state index is 11.0. The van der Waals surface area contributed by atoms with Gasteiger partial charge < -0.3 is 10.3 Å². The zero-order chi connectivity index (χ0) is 13.1. The molecule has 0 aromatic carbocycles. The van der Waals surface area contributed by atoms with Gasteiger partial charge in [0.25, 0.3) is 0 Å². The normalized spacial score (nSPS) is 19.7. The van der Waals surface area contributed by atoms with E-state index in [1.165, 1.54) is 12.1 Å². The first-order valence-electron chi connectivity index (χ1n) is 5.60. The number of hydrazine groups is 1. The monoisotopic (exact) mass is 269 g/mol. The van der Waals surface area contributed by atoms with Gasteiger partial charge in [-0.15, -0.1) is 0 Å². The van der Waals surface area contributed by atoms with E-state index in [1.54, 1.807) is 0 Å². The van der Waals surface area contributed by atoms with Crippen molar-refractivity contribution in [3.63, 3.8) is 0 Å². The number of hydrogen-bond donors (Lipinski definition) is 2. The minimum atomic E-state index is -0.408. The van der Waals surface area contributed by atoms with Crippen molar-refractivity contribution >= 4 is 29.1 Å². The summed E-state index contributed by atoms with van der Waals surface area (Å²) in [5.41, 5.74) is 2.44. The second-order valence-electron chi connectivity index (χ2n) is 4.07. The van der Waals surface area contributed by atoms with Crippen LogP contribution in [0.1, 0.15) is 6.92 Å². The van der Waals surface area contributed by atoms with Gasteiger partial charge in [-0.25, -0.2) is 10.8 Å². The summed E-state index contributed by atoms with van der Waals surface area (Å²) in [6, 6.07) is 2.94. The fourth-order valence-electron chi connectivity index (χ4n) is 1.91. The van der Waals surface area contributed by atoms with Crippen LogP contribution in [0.4, 0.5) is 17.3 Å². The Kier molecular flexibility index (Phi) is 3.87. The van der Waals surface area contributed by atoms with E-state index in [1.807, 2.05) is 16.7 Å². The third kappa shape index (κ3) is 2.65. The lowest BCUT2D eigenvalue weighted by Crippen LogP contribution is -2.37. The Balaban J connectivity index is 2.36. The van der Waals surface area contributed by atoms with Crippen LogP contribution in [0.25, 0.3) is 0 Å². The van der Waals surface area contributed by atoms with Gasteiger partial charge >= 0.3 is 5.69 Å². The van der Waals surface area contributed by atoms with Crippen LogP contribution >= 0.6 is 11.8 Å². The van der Waals surface area contributed by atoms with E-state index in [4.69, 9.17) is 5.84 Å². The number of pyridine rings is 1. The summed E-state index contributed by atoms with van der Waals surface area (Å²) in [7, 11) is 0. The van der Waals surface area contributed by atoms with Gasteiger partial charge in [0.2, 0.25) is 5.82 Å². The third-order valence-electron chi connectivity index (χ3n) is 2.74. The van der Waals surface area contributed by atoms with E-state index in [2.05, 4.69) is 17.3 Å². The Morgan fingerprint density at radius 3 is 3.06 bits per heavy atom. The van der Waals surface area contributed by atoms with Crippen molar-refractivity contribution in [2.45, 2.75) is 12.2 Å². The molecule has 1 aromatic heterocycles. The van der Waals surface area contributed by atoms with E-state index in [0.29, 0.717) is 16.9 Å². The highest BCUT2D eigenvalue weighted by molar-refractivity contribution is 8.00. The summed E-state index contributed by atoms with van der Waals surface area (Å²) in [6.07, 6.45) is 0. The maximum Gasteiger partial charge on any atom is 0.311 e. The fourth-order valence-corrected chi connectivity index (χ4v) is 2.92. The van der Waals surface area contributed by atoms with Crippen molar-refractivity contribution in [3.8, 4) is 0 Å².